The molecule has 1 aromatic rings. The molecule has 0 radical (unpaired) electrons. The summed E-state index contributed by atoms with van der Waals surface area (Å²) in [7, 11) is 0. The van der Waals surface area contributed by atoms with Gasteiger partial charge in [0.1, 0.15) is 4.88 Å². The quantitative estimate of drug-likeness (QED) is 0.780. The van der Waals surface area contributed by atoms with Crippen LogP contribution < -0.4 is 5.32 Å². The van der Waals surface area contributed by atoms with Gasteiger partial charge in [-0.15, -0.1) is 5.10 Å². The molecule has 1 atom stereocenters. The molecule has 0 bridgehead atoms. The molecule has 1 amide bonds. The number of hydrogen-bond donors (Lipinski definition) is 2. The fourth-order valence-corrected chi connectivity index (χ4v) is 1.74. The van der Waals surface area contributed by atoms with Gasteiger partial charge < -0.3 is 10.4 Å². The Morgan fingerprint density at radius 1 is 1.67 bits per heavy atom. The highest BCUT2D eigenvalue weighted by Crippen LogP contribution is 2.08. The van der Waals surface area contributed by atoms with Crippen molar-refractivity contribution in [3.05, 3.63) is 10.6 Å². The van der Waals surface area contributed by atoms with Crippen LogP contribution in [0.15, 0.2) is 0 Å². The highest BCUT2D eigenvalue weighted by Gasteiger charge is 2.13. The minimum Gasteiger partial charge on any atom is -0.391 e. The smallest absolute Gasteiger partial charge is 0.265 e. The van der Waals surface area contributed by atoms with Crippen LogP contribution in [0.25, 0.3) is 0 Å². The van der Waals surface area contributed by atoms with E-state index in [0.717, 1.165) is 18.0 Å². The summed E-state index contributed by atoms with van der Waals surface area (Å²) in [5.74, 6) is -0.211. The van der Waals surface area contributed by atoms with E-state index >= 15 is 0 Å². The second-order valence-electron chi connectivity index (χ2n) is 3.34. The van der Waals surface area contributed by atoms with Crippen LogP contribution in [0.5, 0.6) is 0 Å². The molecule has 5 nitrogen and oxygen atoms in total. The predicted molar refractivity (Wildman–Crippen MR) is 57.9 cm³/mol. The number of aromatic nitrogens is 2. The second kappa shape index (κ2) is 5.77. The number of hydrogen-bond acceptors (Lipinski definition) is 5. The molecule has 0 spiro atoms. The van der Waals surface area contributed by atoms with Gasteiger partial charge in [-0.05, 0) is 24.9 Å². The van der Waals surface area contributed by atoms with Gasteiger partial charge in [0, 0.05) is 6.54 Å². The summed E-state index contributed by atoms with van der Waals surface area (Å²) in [6.07, 6.45) is 1.12. The number of aliphatic hydroxyl groups excluding tert-OH is 1. The Hall–Kier alpha value is -1.01. The zero-order valence-corrected chi connectivity index (χ0v) is 9.67. The SMILES string of the molecule is CCCC(O)CNC(=O)c1snnc1C. The van der Waals surface area contributed by atoms with Gasteiger partial charge in [0.2, 0.25) is 0 Å². The predicted octanol–water partition coefficient (Wildman–Crippen LogP) is 0.737. The molecule has 0 aliphatic carbocycles. The number of rotatable bonds is 5. The zero-order chi connectivity index (χ0) is 11.3. The third-order valence-corrected chi connectivity index (χ3v) is 2.80. The average molecular weight is 229 g/mol. The lowest BCUT2D eigenvalue weighted by molar-refractivity contribution is 0.0913. The molecule has 0 saturated heterocycles. The Morgan fingerprint density at radius 3 is 2.93 bits per heavy atom. The summed E-state index contributed by atoms with van der Waals surface area (Å²) in [6, 6.07) is 0. The molecular weight excluding hydrogens is 214 g/mol. The van der Waals surface area contributed by atoms with Crippen molar-refractivity contribution in [1.82, 2.24) is 14.9 Å². The first-order chi connectivity index (χ1) is 7.15. The van der Waals surface area contributed by atoms with Crippen LogP contribution in [-0.4, -0.2) is 33.2 Å². The highest BCUT2D eigenvalue weighted by atomic mass is 32.1. The van der Waals surface area contributed by atoms with Crippen LogP contribution in [-0.2, 0) is 0 Å². The molecule has 1 unspecified atom stereocenters. The van der Waals surface area contributed by atoms with Gasteiger partial charge in [0.05, 0.1) is 11.8 Å². The first kappa shape index (κ1) is 12.1. The van der Waals surface area contributed by atoms with Crippen molar-refractivity contribution in [3.8, 4) is 0 Å². The minimum atomic E-state index is -0.472. The number of aryl methyl sites for hydroxylation is 1. The number of aliphatic hydroxyl groups is 1. The van der Waals surface area contributed by atoms with E-state index < -0.39 is 6.10 Å². The number of carbonyl (C=O) groups excluding carboxylic acids is 1. The summed E-state index contributed by atoms with van der Waals surface area (Å²) in [5, 5.41) is 15.8. The monoisotopic (exact) mass is 229 g/mol. The van der Waals surface area contributed by atoms with Crippen LogP contribution in [0.1, 0.15) is 35.1 Å². The van der Waals surface area contributed by atoms with E-state index in [9.17, 15) is 9.90 Å². The summed E-state index contributed by atoms with van der Waals surface area (Å²) in [5.41, 5.74) is 0.627. The molecule has 84 valence electrons. The molecule has 1 rings (SSSR count). The Bertz CT molecular complexity index is 327. The lowest BCUT2D eigenvalue weighted by Crippen LogP contribution is -2.31. The molecule has 0 fully saturated rings. The Morgan fingerprint density at radius 2 is 2.40 bits per heavy atom. The Kier molecular flexibility index (Phi) is 4.64. The largest absolute Gasteiger partial charge is 0.391 e. The maximum Gasteiger partial charge on any atom is 0.265 e. The summed E-state index contributed by atoms with van der Waals surface area (Å²) >= 11 is 1.07. The molecule has 1 aromatic heterocycles. The first-order valence-corrected chi connectivity index (χ1v) is 5.67. The van der Waals surface area contributed by atoms with E-state index in [2.05, 4.69) is 14.9 Å². The van der Waals surface area contributed by atoms with Crippen molar-refractivity contribution in [3.63, 3.8) is 0 Å². The fraction of sp³-hybridized carbons (Fsp3) is 0.667. The molecule has 0 aliphatic rings. The highest BCUT2D eigenvalue weighted by molar-refractivity contribution is 7.07. The second-order valence-corrected chi connectivity index (χ2v) is 4.09. The minimum absolute atomic E-state index is 0.211. The van der Waals surface area contributed by atoms with Gasteiger partial charge in [0.25, 0.3) is 5.91 Å². The zero-order valence-electron chi connectivity index (χ0n) is 8.86. The van der Waals surface area contributed by atoms with Gasteiger partial charge in [0.15, 0.2) is 0 Å². The van der Waals surface area contributed by atoms with Crippen molar-refractivity contribution in [1.29, 1.82) is 0 Å². The molecular formula is C9H15N3O2S. The van der Waals surface area contributed by atoms with Crippen LogP contribution in [0, 0.1) is 6.92 Å². The van der Waals surface area contributed by atoms with Gasteiger partial charge in [-0.2, -0.15) is 0 Å². The van der Waals surface area contributed by atoms with Crippen molar-refractivity contribution in [2.24, 2.45) is 0 Å². The Labute approximate surface area is 92.7 Å². The number of amides is 1. The van der Waals surface area contributed by atoms with Crippen molar-refractivity contribution < 1.29 is 9.90 Å². The van der Waals surface area contributed by atoms with Gasteiger partial charge in [-0.25, -0.2) is 0 Å². The Balaban J connectivity index is 2.40. The van der Waals surface area contributed by atoms with E-state index in [0.29, 0.717) is 17.0 Å². The van der Waals surface area contributed by atoms with Gasteiger partial charge in [-0.3, -0.25) is 4.79 Å². The normalized spacial score (nSPS) is 12.5. The summed E-state index contributed by atoms with van der Waals surface area (Å²) in [4.78, 5) is 12.1. The summed E-state index contributed by atoms with van der Waals surface area (Å²) in [6.45, 7) is 4.01. The fourth-order valence-electron chi connectivity index (χ4n) is 1.17. The molecule has 0 aliphatic heterocycles. The van der Waals surface area contributed by atoms with E-state index in [-0.39, 0.29) is 12.5 Å². The molecule has 0 aromatic carbocycles. The van der Waals surface area contributed by atoms with Crippen LogP contribution in [0.4, 0.5) is 0 Å². The third kappa shape index (κ3) is 3.56. The van der Waals surface area contributed by atoms with E-state index in [1.54, 1.807) is 6.92 Å². The van der Waals surface area contributed by atoms with Crippen molar-refractivity contribution >= 4 is 17.4 Å². The maximum atomic E-state index is 11.5. The molecule has 1 heterocycles. The first-order valence-electron chi connectivity index (χ1n) is 4.90. The van der Waals surface area contributed by atoms with Crippen molar-refractivity contribution in [2.45, 2.75) is 32.8 Å². The topological polar surface area (TPSA) is 75.1 Å². The lowest BCUT2D eigenvalue weighted by Gasteiger charge is -2.09. The van der Waals surface area contributed by atoms with E-state index in [4.69, 9.17) is 0 Å². The van der Waals surface area contributed by atoms with Crippen LogP contribution in [0.2, 0.25) is 0 Å². The lowest BCUT2D eigenvalue weighted by atomic mass is 10.2. The number of nitrogens with zero attached hydrogens (tertiary/aromatic N) is 2. The van der Waals surface area contributed by atoms with E-state index in [1.165, 1.54) is 0 Å². The standard InChI is InChI=1S/C9H15N3O2S/c1-3-4-7(13)5-10-9(14)8-6(2)11-12-15-8/h7,13H,3-5H2,1-2H3,(H,10,14). The third-order valence-electron chi connectivity index (χ3n) is 1.98. The van der Waals surface area contributed by atoms with E-state index in [1.807, 2.05) is 6.92 Å². The molecule has 0 saturated carbocycles. The number of nitrogens with one attached hydrogen (secondary N) is 1. The average Bonchev–Trinajstić information content (AvgIpc) is 2.61. The van der Waals surface area contributed by atoms with Crippen LogP contribution >= 0.6 is 11.5 Å². The summed E-state index contributed by atoms with van der Waals surface area (Å²) < 4.78 is 3.67. The van der Waals surface area contributed by atoms with Gasteiger partial charge in [-0.1, -0.05) is 17.8 Å². The molecule has 2 N–H and O–H groups in total. The maximum absolute atomic E-state index is 11.5. The number of carbonyl (C=O) groups is 1. The van der Waals surface area contributed by atoms with Crippen LogP contribution in [0.3, 0.4) is 0 Å². The molecule has 15 heavy (non-hydrogen) atoms. The van der Waals surface area contributed by atoms with Gasteiger partial charge >= 0.3 is 0 Å². The van der Waals surface area contributed by atoms with Crippen molar-refractivity contribution in [2.75, 3.05) is 6.54 Å². The molecule has 6 heteroatoms.